The molecule has 5 heteroatoms. The Hall–Kier alpha value is -2.33. The zero-order chi connectivity index (χ0) is 17.3. The highest BCUT2D eigenvalue weighted by Crippen LogP contribution is 2.24. The van der Waals surface area contributed by atoms with E-state index < -0.39 is 12.1 Å². The maximum atomic E-state index is 12.5. The molecule has 4 nitrogen and oxygen atoms in total. The van der Waals surface area contributed by atoms with E-state index in [1.165, 1.54) is 29.3 Å². The van der Waals surface area contributed by atoms with Gasteiger partial charge in [-0.15, -0.1) is 0 Å². The monoisotopic (exact) mass is 343 g/mol. The molecular formula is C19H18ClNO3. The second-order valence-corrected chi connectivity index (χ2v) is 6.39. The van der Waals surface area contributed by atoms with E-state index in [-0.39, 0.29) is 11.3 Å². The van der Waals surface area contributed by atoms with Crippen LogP contribution < -0.4 is 5.73 Å². The third-order valence-electron chi connectivity index (χ3n) is 4.27. The van der Waals surface area contributed by atoms with Crippen LogP contribution in [0.5, 0.6) is 0 Å². The highest BCUT2D eigenvalue weighted by atomic mass is 35.5. The number of fused-ring (bicyclic) bond motifs is 1. The average Bonchev–Trinajstić information content (AvgIpc) is 3.04. The average molecular weight is 344 g/mol. The van der Waals surface area contributed by atoms with Crippen LogP contribution in [-0.2, 0) is 17.6 Å². The van der Waals surface area contributed by atoms with Gasteiger partial charge in [-0.25, -0.2) is 4.79 Å². The van der Waals surface area contributed by atoms with Gasteiger partial charge >= 0.3 is 5.97 Å². The minimum atomic E-state index is -0.867. The maximum Gasteiger partial charge on any atom is 0.338 e. The van der Waals surface area contributed by atoms with Crippen molar-refractivity contribution in [1.29, 1.82) is 0 Å². The summed E-state index contributed by atoms with van der Waals surface area (Å²) in [7, 11) is 0. The standard InChI is InChI=1S/C19H18ClNO3/c1-11(24-19(23)15-7-8-16(20)17(21)10-15)18(22)14-6-5-12-3-2-4-13(12)9-14/h5-11H,2-4,21H2,1H3. The number of hydrogen-bond acceptors (Lipinski definition) is 4. The molecular weight excluding hydrogens is 326 g/mol. The van der Waals surface area contributed by atoms with Crippen molar-refractivity contribution in [1.82, 2.24) is 0 Å². The molecule has 0 saturated carbocycles. The molecule has 24 heavy (non-hydrogen) atoms. The predicted octanol–water partition coefficient (Wildman–Crippen LogP) is 3.84. The summed E-state index contributed by atoms with van der Waals surface area (Å²) in [5, 5.41) is 0.369. The smallest absolute Gasteiger partial charge is 0.338 e. The topological polar surface area (TPSA) is 69.4 Å². The number of benzene rings is 2. The van der Waals surface area contributed by atoms with Gasteiger partial charge in [0.1, 0.15) is 0 Å². The third kappa shape index (κ3) is 3.29. The first-order valence-electron chi connectivity index (χ1n) is 7.87. The van der Waals surface area contributed by atoms with Crippen LogP contribution in [0.15, 0.2) is 36.4 Å². The molecule has 2 N–H and O–H groups in total. The van der Waals surface area contributed by atoms with E-state index in [1.54, 1.807) is 13.0 Å². The first-order valence-corrected chi connectivity index (χ1v) is 8.25. The largest absolute Gasteiger partial charge is 0.451 e. The van der Waals surface area contributed by atoms with E-state index in [9.17, 15) is 9.59 Å². The number of Topliss-reactive ketones (excluding diaryl/α,β-unsaturated/α-hetero) is 1. The summed E-state index contributed by atoms with van der Waals surface area (Å²) < 4.78 is 5.28. The lowest BCUT2D eigenvalue weighted by Gasteiger charge is -2.13. The SMILES string of the molecule is CC(OC(=O)c1ccc(Cl)c(N)c1)C(=O)c1ccc2c(c1)CCC2. The minimum Gasteiger partial charge on any atom is -0.451 e. The van der Waals surface area contributed by atoms with Crippen LogP contribution in [0, 0.1) is 0 Å². The number of hydrogen-bond donors (Lipinski definition) is 1. The molecule has 0 heterocycles. The van der Waals surface area contributed by atoms with E-state index in [1.807, 2.05) is 12.1 Å². The summed E-state index contributed by atoms with van der Waals surface area (Å²) in [6.07, 6.45) is 2.31. The van der Waals surface area contributed by atoms with Crippen LogP contribution in [0.1, 0.15) is 45.2 Å². The number of carbonyl (C=O) groups is 2. The van der Waals surface area contributed by atoms with E-state index in [0.717, 1.165) is 19.3 Å². The number of carbonyl (C=O) groups excluding carboxylic acids is 2. The number of ketones is 1. The Morgan fingerprint density at radius 2 is 1.79 bits per heavy atom. The predicted molar refractivity (Wildman–Crippen MR) is 93.5 cm³/mol. The highest BCUT2D eigenvalue weighted by molar-refractivity contribution is 6.33. The van der Waals surface area contributed by atoms with Crippen molar-refractivity contribution in [2.24, 2.45) is 0 Å². The van der Waals surface area contributed by atoms with Crippen LogP contribution in [0.3, 0.4) is 0 Å². The molecule has 1 aliphatic rings. The van der Waals surface area contributed by atoms with E-state index in [0.29, 0.717) is 16.3 Å². The fourth-order valence-electron chi connectivity index (χ4n) is 2.91. The number of ether oxygens (including phenoxy) is 1. The normalized spacial score (nSPS) is 14.1. The third-order valence-corrected chi connectivity index (χ3v) is 4.61. The van der Waals surface area contributed by atoms with Crippen molar-refractivity contribution in [3.05, 3.63) is 63.7 Å². The Kier molecular flexibility index (Phi) is 4.58. The minimum absolute atomic E-state index is 0.208. The lowest BCUT2D eigenvalue weighted by molar-refractivity contribution is 0.0319. The molecule has 1 unspecified atom stereocenters. The Bertz CT molecular complexity index is 816. The van der Waals surface area contributed by atoms with Gasteiger partial charge in [0.15, 0.2) is 6.10 Å². The van der Waals surface area contributed by atoms with Gasteiger partial charge in [-0.2, -0.15) is 0 Å². The fraction of sp³-hybridized carbons (Fsp3) is 0.263. The van der Waals surface area contributed by atoms with Crippen molar-refractivity contribution in [3.8, 4) is 0 Å². The molecule has 0 amide bonds. The Labute approximate surface area is 145 Å². The maximum absolute atomic E-state index is 12.5. The van der Waals surface area contributed by atoms with Gasteiger partial charge < -0.3 is 10.5 Å². The summed E-state index contributed by atoms with van der Waals surface area (Å²) in [5.74, 6) is -0.805. The second kappa shape index (κ2) is 6.65. The van der Waals surface area contributed by atoms with Gasteiger partial charge in [0.25, 0.3) is 0 Å². The van der Waals surface area contributed by atoms with Crippen molar-refractivity contribution in [3.63, 3.8) is 0 Å². The molecule has 0 aromatic heterocycles. The van der Waals surface area contributed by atoms with Crippen LogP contribution >= 0.6 is 11.6 Å². The van der Waals surface area contributed by atoms with E-state index in [2.05, 4.69) is 0 Å². The first kappa shape index (κ1) is 16.5. The first-order chi connectivity index (χ1) is 11.5. The second-order valence-electron chi connectivity index (χ2n) is 5.99. The molecule has 0 fully saturated rings. The van der Waals surface area contributed by atoms with Gasteiger partial charge in [-0.3, -0.25) is 4.79 Å². The fourth-order valence-corrected chi connectivity index (χ4v) is 3.03. The molecule has 0 bridgehead atoms. The van der Waals surface area contributed by atoms with Crippen LogP contribution in [0.2, 0.25) is 5.02 Å². The number of anilines is 1. The summed E-state index contributed by atoms with van der Waals surface area (Å²) in [6, 6.07) is 10.2. The Morgan fingerprint density at radius 1 is 1.08 bits per heavy atom. The lowest BCUT2D eigenvalue weighted by Crippen LogP contribution is -2.24. The molecule has 1 aliphatic carbocycles. The van der Waals surface area contributed by atoms with E-state index in [4.69, 9.17) is 22.1 Å². The van der Waals surface area contributed by atoms with E-state index >= 15 is 0 Å². The van der Waals surface area contributed by atoms with Gasteiger partial charge in [0.2, 0.25) is 5.78 Å². The van der Waals surface area contributed by atoms with Crippen molar-refractivity contribution < 1.29 is 14.3 Å². The molecule has 2 aromatic rings. The molecule has 1 atom stereocenters. The summed E-state index contributed by atoms with van der Waals surface area (Å²) >= 11 is 5.84. The molecule has 3 rings (SSSR count). The highest BCUT2D eigenvalue weighted by Gasteiger charge is 2.22. The summed E-state index contributed by atoms with van der Waals surface area (Å²) in [5.41, 5.74) is 9.34. The number of nitrogen functional groups attached to an aromatic ring is 1. The Balaban J connectivity index is 1.71. The molecule has 124 valence electrons. The number of aryl methyl sites for hydroxylation is 2. The molecule has 0 radical (unpaired) electrons. The van der Waals surface area contributed by atoms with Crippen LogP contribution in [0.4, 0.5) is 5.69 Å². The quantitative estimate of drug-likeness (QED) is 0.520. The van der Waals surface area contributed by atoms with Gasteiger partial charge in [-0.1, -0.05) is 23.7 Å². The lowest BCUT2D eigenvalue weighted by atomic mass is 10.0. The summed E-state index contributed by atoms with van der Waals surface area (Å²) in [4.78, 5) is 24.7. The number of esters is 1. The molecule has 0 spiro atoms. The van der Waals surface area contributed by atoms with Crippen molar-refractivity contribution in [2.45, 2.75) is 32.3 Å². The number of halogens is 1. The Morgan fingerprint density at radius 3 is 2.54 bits per heavy atom. The zero-order valence-corrected chi connectivity index (χ0v) is 14.1. The van der Waals surface area contributed by atoms with Crippen molar-refractivity contribution >= 4 is 29.0 Å². The van der Waals surface area contributed by atoms with Crippen LogP contribution in [-0.4, -0.2) is 17.9 Å². The molecule has 2 aromatic carbocycles. The molecule has 0 saturated heterocycles. The van der Waals surface area contributed by atoms with Gasteiger partial charge in [0, 0.05) is 5.56 Å². The number of nitrogens with two attached hydrogens (primary N) is 1. The van der Waals surface area contributed by atoms with Gasteiger partial charge in [-0.05, 0) is 61.6 Å². The summed E-state index contributed by atoms with van der Waals surface area (Å²) in [6.45, 7) is 1.58. The molecule has 0 aliphatic heterocycles. The zero-order valence-electron chi connectivity index (χ0n) is 13.3. The number of rotatable bonds is 4. The van der Waals surface area contributed by atoms with Crippen molar-refractivity contribution in [2.75, 3.05) is 5.73 Å². The van der Waals surface area contributed by atoms with Crippen LogP contribution in [0.25, 0.3) is 0 Å². The van der Waals surface area contributed by atoms with Gasteiger partial charge in [0.05, 0.1) is 16.3 Å².